The maximum Gasteiger partial charge on any atom is 0.379 e. The Bertz CT molecular complexity index is 438. The van der Waals surface area contributed by atoms with Gasteiger partial charge in [0.25, 0.3) is 5.78 Å². The number of carbonyl (C=O) groups is 2. The van der Waals surface area contributed by atoms with Crippen LogP contribution in [0.15, 0.2) is 18.2 Å². The lowest BCUT2D eigenvalue weighted by Crippen LogP contribution is -2.19. The minimum absolute atomic E-state index is 0.0933. The highest BCUT2D eigenvalue weighted by atomic mass is 19.1. The molecule has 1 aromatic carbocycles. The monoisotopic (exact) mass is 238 g/mol. The highest BCUT2D eigenvalue weighted by molar-refractivity contribution is 6.40. The lowest BCUT2D eigenvalue weighted by Gasteiger charge is -2.08. The van der Waals surface area contributed by atoms with Gasteiger partial charge in [-0.3, -0.25) is 4.79 Å². The second-order valence-electron chi connectivity index (χ2n) is 3.94. The van der Waals surface area contributed by atoms with Crippen molar-refractivity contribution in [2.45, 2.75) is 26.7 Å². The molecular weight excluding hydrogens is 223 g/mol. The summed E-state index contributed by atoms with van der Waals surface area (Å²) in [5.74, 6) is -2.50. The summed E-state index contributed by atoms with van der Waals surface area (Å²) in [6.07, 6.45) is 0. The third-order valence-electron chi connectivity index (χ3n) is 2.36. The number of ether oxygens (including phenoxy) is 1. The second-order valence-corrected chi connectivity index (χ2v) is 3.94. The normalized spacial score (nSPS) is 10.4. The van der Waals surface area contributed by atoms with Crippen molar-refractivity contribution in [3.63, 3.8) is 0 Å². The molecule has 0 N–H and O–H groups in total. The van der Waals surface area contributed by atoms with E-state index in [9.17, 15) is 14.0 Å². The van der Waals surface area contributed by atoms with Crippen molar-refractivity contribution in [3.8, 4) is 0 Å². The number of ketones is 1. The number of hydrogen-bond donors (Lipinski definition) is 0. The van der Waals surface area contributed by atoms with Gasteiger partial charge in [0.05, 0.1) is 12.2 Å². The van der Waals surface area contributed by atoms with Crippen LogP contribution in [0.4, 0.5) is 4.39 Å². The maximum atomic E-state index is 13.5. The van der Waals surface area contributed by atoms with Crippen LogP contribution < -0.4 is 0 Å². The van der Waals surface area contributed by atoms with Gasteiger partial charge >= 0.3 is 5.97 Å². The van der Waals surface area contributed by atoms with Gasteiger partial charge in [0.15, 0.2) is 0 Å². The van der Waals surface area contributed by atoms with Crippen LogP contribution in [-0.4, -0.2) is 18.4 Å². The van der Waals surface area contributed by atoms with Crippen LogP contribution in [0, 0.1) is 5.82 Å². The molecule has 0 radical (unpaired) electrons. The van der Waals surface area contributed by atoms with Crippen LogP contribution >= 0.6 is 0 Å². The SMILES string of the molecule is CCOC(=O)C(=O)c1cc(C(C)C)ccc1F. The van der Waals surface area contributed by atoms with E-state index in [1.807, 2.05) is 13.8 Å². The Balaban J connectivity index is 3.08. The first-order valence-corrected chi connectivity index (χ1v) is 5.48. The summed E-state index contributed by atoms with van der Waals surface area (Å²) in [6, 6.07) is 4.20. The molecule has 1 rings (SSSR count). The smallest absolute Gasteiger partial charge is 0.379 e. The molecule has 0 aromatic heterocycles. The Kier molecular flexibility index (Phi) is 4.37. The summed E-state index contributed by atoms with van der Waals surface area (Å²) in [4.78, 5) is 22.9. The average Bonchev–Trinajstić information content (AvgIpc) is 2.28. The van der Waals surface area contributed by atoms with E-state index in [-0.39, 0.29) is 18.1 Å². The quantitative estimate of drug-likeness (QED) is 0.460. The fourth-order valence-electron chi connectivity index (χ4n) is 1.38. The lowest BCUT2D eigenvalue weighted by molar-refractivity contribution is -0.137. The summed E-state index contributed by atoms with van der Waals surface area (Å²) in [5, 5.41) is 0. The third-order valence-corrected chi connectivity index (χ3v) is 2.36. The molecule has 0 bridgehead atoms. The third kappa shape index (κ3) is 3.12. The van der Waals surface area contributed by atoms with Gasteiger partial charge in [-0.1, -0.05) is 19.9 Å². The van der Waals surface area contributed by atoms with Crippen LogP contribution in [-0.2, 0) is 9.53 Å². The van der Waals surface area contributed by atoms with Gasteiger partial charge in [0.1, 0.15) is 5.82 Å². The average molecular weight is 238 g/mol. The minimum atomic E-state index is -1.02. The standard InChI is InChI=1S/C13H15FO3/c1-4-17-13(16)12(15)10-7-9(8(2)3)5-6-11(10)14/h5-8H,4H2,1-3H3. The summed E-state index contributed by atoms with van der Waals surface area (Å²) in [7, 11) is 0. The molecule has 4 heteroatoms. The van der Waals surface area contributed by atoms with Gasteiger partial charge in [0, 0.05) is 0 Å². The number of benzene rings is 1. The van der Waals surface area contributed by atoms with Gasteiger partial charge in [-0.05, 0) is 30.5 Å². The van der Waals surface area contributed by atoms with Crippen molar-refractivity contribution in [2.24, 2.45) is 0 Å². The van der Waals surface area contributed by atoms with Crippen molar-refractivity contribution in [3.05, 3.63) is 35.1 Å². The predicted octanol–water partition coefficient (Wildman–Crippen LogP) is 2.69. The van der Waals surface area contributed by atoms with E-state index in [2.05, 4.69) is 4.74 Å². The van der Waals surface area contributed by atoms with E-state index < -0.39 is 17.6 Å². The van der Waals surface area contributed by atoms with Crippen LogP contribution in [0.1, 0.15) is 42.6 Å². The molecule has 92 valence electrons. The van der Waals surface area contributed by atoms with Gasteiger partial charge in [0.2, 0.25) is 0 Å². The Hall–Kier alpha value is -1.71. The van der Waals surface area contributed by atoms with Gasteiger partial charge in [-0.25, -0.2) is 9.18 Å². The van der Waals surface area contributed by atoms with Crippen LogP contribution in [0.5, 0.6) is 0 Å². The molecule has 0 saturated heterocycles. The minimum Gasteiger partial charge on any atom is -0.460 e. The van der Waals surface area contributed by atoms with Crippen molar-refractivity contribution < 1.29 is 18.7 Å². The van der Waals surface area contributed by atoms with E-state index in [0.717, 1.165) is 5.56 Å². The zero-order valence-corrected chi connectivity index (χ0v) is 10.1. The molecule has 0 spiro atoms. The zero-order valence-electron chi connectivity index (χ0n) is 10.1. The molecule has 0 heterocycles. The fourth-order valence-corrected chi connectivity index (χ4v) is 1.38. The number of rotatable bonds is 4. The van der Waals surface area contributed by atoms with Crippen LogP contribution in [0.2, 0.25) is 0 Å². The summed E-state index contributed by atoms with van der Waals surface area (Å²) in [5.41, 5.74) is 0.577. The Morgan fingerprint density at radius 3 is 2.53 bits per heavy atom. The molecule has 0 fully saturated rings. The van der Waals surface area contributed by atoms with Crippen LogP contribution in [0.3, 0.4) is 0 Å². The lowest BCUT2D eigenvalue weighted by atomic mass is 9.99. The number of halogens is 1. The number of carbonyl (C=O) groups excluding carboxylic acids is 2. The molecule has 1 aromatic rings. The van der Waals surface area contributed by atoms with Gasteiger partial charge in [-0.2, -0.15) is 0 Å². The molecule has 0 unspecified atom stereocenters. The highest BCUT2D eigenvalue weighted by Crippen LogP contribution is 2.18. The molecule has 0 amide bonds. The van der Waals surface area contributed by atoms with Gasteiger partial charge in [-0.15, -0.1) is 0 Å². The Morgan fingerprint density at radius 1 is 1.35 bits per heavy atom. The maximum absolute atomic E-state index is 13.5. The van der Waals surface area contributed by atoms with Crippen molar-refractivity contribution in [1.82, 2.24) is 0 Å². The first kappa shape index (κ1) is 13.4. The number of esters is 1. The number of Topliss-reactive ketones (excluding diaryl/α,β-unsaturated/α-hetero) is 1. The molecule has 3 nitrogen and oxygen atoms in total. The van der Waals surface area contributed by atoms with E-state index in [0.29, 0.717) is 0 Å². The molecule has 0 aliphatic heterocycles. The summed E-state index contributed by atoms with van der Waals surface area (Å²) >= 11 is 0. The van der Waals surface area contributed by atoms with Crippen LogP contribution in [0.25, 0.3) is 0 Å². The van der Waals surface area contributed by atoms with E-state index in [4.69, 9.17) is 0 Å². The van der Waals surface area contributed by atoms with E-state index in [1.54, 1.807) is 13.0 Å². The van der Waals surface area contributed by atoms with Crippen molar-refractivity contribution in [2.75, 3.05) is 6.61 Å². The molecule has 0 saturated carbocycles. The zero-order chi connectivity index (χ0) is 13.0. The first-order valence-electron chi connectivity index (χ1n) is 5.48. The van der Waals surface area contributed by atoms with E-state index >= 15 is 0 Å². The molecule has 0 aliphatic rings. The van der Waals surface area contributed by atoms with Gasteiger partial charge < -0.3 is 4.74 Å². The summed E-state index contributed by atoms with van der Waals surface area (Å²) < 4.78 is 18.0. The fraction of sp³-hybridized carbons (Fsp3) is 0.385. The molecule has 0 atom stereocenters. The van der Waals surface area contributed by atoms with Crippen molar-refractivity contribution >= 4 is 11.8 Å². The summed E-state index contributed by atoms with van der Waals surface area (Å²) in [6.45, 7) is 5.53. The highest BCUT2D eigenvalue weighted by Gasteiger charge is 2.21. The topological polar surface area (TPSA) is 43.4 Å². The second kappa shape index (κ2) is 5.57. The predicted molar refractivity (Wildman–Crippen MR) is 61.5 cm³/mol. The molecular formula is C13H15FO3. The van der Waals surface area contributed by atoms with E-state index in [1.165, 1.54) is 12.1 Å². The molecule has 0 aliphatic carbocycles. The Morgan fingerprint density at radius 2 is 2.00 bits per heavy atom. The molecule has 17 heavy (non-hydrogen) atoms. The van der Waals surface area contributed by atoms with Crippen molar-refractivity contribution in [1.29, 1.82) is 0 Å². The first-order chi connectivity index (χ1) is 7.97. The largest absolute Gasteiger partial charge is 0.460 e. The number of hydrogen-bond acceptors (Lipinski definition) is 3. The Labute approximate surface area is 99.6 Å².